The van der Waals surface area contributed by atoms with Gasteiger partial charge in [0.1, 0.15) is 0 Å². The maximum atomic E-state index is 5.27. The van der Waals surface area contributed by atoms with E-state index in [9.17, 15) is 0 Å². The number of allylic oxidation sites excluding steroid dienone is 1. The molecular formula is C53H36N2U. The molecule has 0 saturated heterocycles. The van der Waals surface area contributed by atoms with Crippen molar-refractivity contribution in [2.45, 2.75) is 6.42 Å². The molecule has 0 amide bonds. The maximum Gasteiger partial charge on any atom is 2.00 e. The van der Waals surface area contributed by atoms with E-state index in [0.29, 0.717) is 12.3 Å². The van der Waals surface area contributed by atoms with Gasteiger partial charge in [0.15, 0.2) is 5.84 Å². The molecule has 56 heavy (non-hydrogen) atoms. The normalized spacial score (nSPS) is 12.4. The quantitative estimate of drug-likeness (QED) is 0.136. The van der Waals surface area contributed by atoms with E-state index in [4.69, 9.17) is 9.98 Å². The summed E-state index contributed by atoms with van der Waals surface area (Å²) >= 11 is 0. The van der Waals surface area contributed by atoms with Gasteiger partial charge in [-0.2, -0.15) is 30.3 Å². The summed E-state index contributed by atoms with van der Waals surface area (Å²) in [6.07, 6.45) is 2.83. The molecule has 9 rings (SSSR count). The van der Waals surface area contributed by atoms with Crippen molar-refractivity contribution < 1.29 is 31.1 Å². The fraction of sp³-hybridized carbons (Fsp3) is 0.0189. The van der Waals surface area contributed by atoms with Gasteiger partial charge in [-0.05, 0) is 56.6 Å². The van der Waals surface area contributed by atoms with Crippen LogP contribution in [0.15, 0.2) is 216 Å². The van der Waals surface area contributed by atoms with Gasteiger partial charge in [0.2, 0.25) is 0 Å². The first kappa shape index (κ1) is 36.8. The Kier molecular flexibility index (Phi) is 11.3. The SMILES string of the molecule is [U+2].[c-]1ccc(-c2cccc(-c3ccc(-c4ccccc4)cc3)c2)cc1-c1[c-]cccc1C1=CCC(c2cccc(-c3ccccc3)c2)=NC(c2ccccc2)=N1. The largest absolute Gasteiger partial charge is 2.00 e. The molecule has 0 radical (unpaired) electrons. The van der Waals surface area contributed by atoms with Crippen LogP contribution in [0.4, 0.5) is 0 Å². The molecule has 0 bridgehead atoms. The van der Waals surface area contributed by atoms with E-state index < -0.39 is 0 Å². The van der Waals surface area contributed by atoms with Gasteiger partial charge < -0.3 is 0 Å². The molecule has 2 nitrogen and oxygen atoms in total. The summed E-state index contributed by atoms with van der Waals surface area (Å²) in [7, 11) is 0. The number of rotatable bonds is 8. The van der Waals surface area contributed by atoms with Crippen LogP contribution in [0.2, 0.25) is 0 Å². The van der Waals surface area contributed by atoms with E-state index in [1.807, 2.05) is 42.5 Å². The number of nitrogens with zero attached hydrogens (tertiary/aromatic N) is 2. The molecule has 8 aromatic rings. The van der Waals surface area contributed by atoms with Crippen molar-refractivity contribution in [3.05, 3.63) is 235 Å². The van der Waals surface area contributed by atoms with Gasteiger partial charge >= 0.3 is 31.1 Å². The molecule has 1 heterocycles. The van der Waals surface area contributed by atoms with Gasteiger partial charge in [-0.1, -0.05) is 158 Å². The third-order valence-electron chi connectivity index (χ3n) is 10.0. The number of aliphatic imine (C=N–C) groups is 2. The molecule has 262 valence electrons. The van der Waals surface area contributed by atoms with Crippen LogP contribution < -0.4 is 0 Å². The third-order valence-corrected chi connectivity index (χ3v) is 10.0. The molecular weight excluding hydrogens is 903 g/mol. The monoisotopic (exact) mass is 938 g/mol. The molecule has 0 atom stereocenters. The van der Waals surface area contributed by atoms with Crippen LogP contribution in [0.3, 0.4) is 0 Å². The van der Waals surface area contributed by atoms with Gasteiger partial charge in [0.05, 0.1) is 5.71 Å². The molecule has 0 spiro atoms. The Morgan fingerprint density at radius 1 is 0.375 bits per heavy atom. The Morgan fingerprint density at radius 2 is 0.875 bits per heavy atom. The molecule has 1 aliphatic rings. The number of hydrogen-bond acceptors (Lipinski definition) is 2. The van der Waals surface area contributed by atoms with Crippen LogP contribution in [0.25, 0.3) is 61.3 Å². The van der Waals surface area contributed by atoms with Crippen LogP contribution in [-0.4, -0.2) is 11.5 Å². The van der Waals surface area contributed by atoms with Gasteiger partial charge in [0, 0.05) is 17.7 Å². The predicted octanol–water partition coefficient (Wildman–Crippen LogP) is 13.3. The van der Waals surface area contributed by atoms with Gasteiger partial charge in [-0.15, -0.1) is 29.3 Å². The Bertz CT molecular complexity index is 2690. The Morgan fingerprint density at radius 3 is 1.54 bits per heavy atom. The van der Waals surface area contributed by atoms with Crippen LogP contribution in [0.5, 0.6) is 0 Å². The van der Waals surface area contributed by atoms with Crippen LogP contribution in [0, 0.1) is 43.2 Å². The topological polar surface area (TPSA) is 24.7 Å². The van der Waals surface area contributed by atoms with Crippen molar-refractivity contribution >= 4 is 17.2 Å². The molecule has 0 fully saturated rings. The van der Waals surface area contributed by atoms with E-state index in [-0.39, 0.29) is 31.1 Å². The van der Waals surface area contributed by atoms with E-state index in [1.165, 1.54) is 27.8 Å². The fourth-order valence-corrected chi connectivity index (χ4v) is 7.16. The van der Waals surface area contributed by atoms with Crippen molar-refractivity contribution in [2.24, 2.45) is 9.98 Å². The zero-order valence-electron chi connectivity index (χ0n) is 30.7. The van der Waals surface area contributed by atoms with Gasteiger partial charge in [0.25, 0.3) is 0 Å². The van der Waals surface area contributed by atoms with Crippen molar-refractivity contribution in [1.29, 1.82) is 0 Å². The summed E-state index contributed by atoms with van der Waals surface area (Å²) in [5, 5.41) is 0. The zero-order valence-corrected chi connectivity index (χ0v) is 34.9. The fourth-order valence-electron chi connectivity index (χ4n) is 7.16. The second-order valence-corrected chi connectivity index (χ2v) is 13.6. The van der Waals surface area contributed by atoms with Crippen LogP contribution >= 0.6 is 0 Å². The van der Waals surface area contributed by atoms with E-state index in [1.54, 1.807) is 0 Å². The maximum absolute atomic E-state index is 5.27. The van der Waals surface area contributed by atoms with Crippen LogP contribution in [-0.2, 0) is 0 Å². The molecule has 8 aromatic carbocycles. The number of amidine groups is 1. The van der Waals surface area contributed by atoms with E-state index in [0.717, 1.165) is 55.9 Å². The van der Waals surface area contributed by atoms with Crippen molar-refractivity contribution in [2.75, 3.05) is 0 Å². The number of benzene rings is 8. The van der Waals surface area contributed by atoms with Crippen molar-refractivity contribution in [3.63, 3.8) is 0 Å². The average molecular weight is 939 g/mol. The van der Waals surface area contributed by atoms with Gasteiger partial charge in [-0.3, -0.25) is 0 Å². The van der Waals surface area contributed by atoms with Gasteiger partial charge in [-0.25, -0.2) is 21.1 Å². The first-order chi connectivity index (χ1) is 27.2. The molecule has 0 N–H and O–H groups in total. The van der Waals surface area contributed by atoms with Crippen molar-refractivity contribution in [3.8, 4) is 55.6 Å². The predicted molar refractivity (Wildman–Crippen MR) is 230 cm³/mol. The number of hydrogen-bond donors (Lipinski definition) is 0. The minimum atomic E-state index is 0. The summed E-state index contributed by atoms with van der Waals surface area (Å²) in [4.78, 5) is 10.5. The van der Waals surface area contributed by atoms with Crippen molar-refractivity contribution in [1.82, 2.24) is 0 Å². The summed E-state index contributed by atoms with van der Waals surface area (Å²) in [6, 6.07) is 77.0. The first-order valence-corrected chi connectivity index (χ1v) is 18.6. The summed E-state index contributed by atoms with van der Waals surface area (Å²) < 4.78 is 0. The second kappa shape index (κ2) is 17.1. The Balaban J connectivity index is 0.00000441. The minimum absolute atomic E-state index is 0. The molecule has 3 heteroatoms. The Hall–Kier alpha value is -6.11. The molecule has 1 aliphatic heterocycles. The average Bonchev–Trinajstić information content (AvgIpc) is 3.51. The summed E-state index contributed by atoms with van der Waals surface area (Å²) in [5.41, 5.74) is 16.2. The summed E-state index contributed by atoms with van der Waals surface area (Å²) in [5.74, 6) is 0.686. The summed E-state index contributed by atoms with van der Waals surface area (Å²) in [6.45, 7) is 0. The first-order valence-electron chi connectivity index (χ1n) is 18.6. The van der Waals surface area contributed by atoms with Crippen LogP contribution in [0.1, 0.15) is 23.1 Å². The second-order valence-electron chi connectivity index (χ2n) is 13.6. The van der Waals surface area contributed by atoms with E-state index >= 15 is 0 Å². The minimum Gasteiger partial charge on any atom is -0.239 e. The van der Waals surface area contributed by atoms with E-state index in [2.05, 4.69) is 176 Å². The molecule has 0 aromatic heterocycles. The molecule has 0 unspecified atom stereocenters. The smallest absolute Gasteiger partial charge is 0.239 e. The zero-order chi connectivity index (χ0) is 36.8. The Labute approximate surface area is 353 Å². The standard InChI is InChI=1S/C53H36N2.U/c1-4-15-38(16-5-1)40-29-31-41(32-30-40)43-21-12-23-45(35-43)46-24-13-25-47(36-46)49-27-10-11-28-50(49)52-34-33-51(54-53(55-52)42-19-8-3-9-20-42)48-26-14-22-44(37-48)39-17-6-2-7-18-39;/h1-24,26,28-32,34-37H,33H2;/q-2;+2. The third kappa shape index (κ3) is 8.12. The molecule has 0 aliphatic carbocycles. The molecule has 0 saturated carbocycles.